The fourth-order valence-electron chi connectivity index (χ4n) is 1.71. The molecule has 0 fully saturated rings. The van der Waals surface area contributed by atoms with Gasteiger partial charge in [-0.25, -0.2) is 4.39 Å². The first-order chi connectivity index (χ1) is 10.2. The smallest absolute Gasteiger partial charge is 0.339 e. The largest absolute Gasteiger partial charge is 0.371 e. The molecule has 2 rings (SSSR count). The summed E-state index contributed by atoms with van der Waals surface area (Å²) >= 11 is 5.74. The summed E-state index contributed by atoms with van der Waals surface area (Å²) in [6.07, 6.45) is 0. The van der Waals surface area contributed by atoms with Gasteiger partial charge in [0.1, 0.15) is 10.7 Å². The maximum atomic E-state index is 13.2. The van der Waals surface area contributed by atoms with E-state index in [-0.39, 0.29) is 9.92 Å². The number of hydrogen-bond acceptors (Lipinski definition) is 5. The van der Waals surface area contributed by atoms with Gasteiger partial charge in [0.2, 0.25) is 5.75 Å². The number of halogens is 2. The molecule has 0 heterocycles. The van der Waals surface area contributed by atoms with E-state index in [4.69, 9.17) is 15.8 Å². The number of nitrogens with zero attached hydrogens (tertiary/aromatic N) is 1. The van der Waals surface area contributed by atoms with Gasteiger partial charge in [-0.05, 0) is 30.7 Å². The van der Waals surface area contributed by atoms with E-state index >= 15 is 0 Å². The highest BCUT2D eigenvalue weighted by atomic mass is 35.5. The van der Waals surface area contributed by atoms with Crippen molar-refractivity contribution >= 4 is 27.4 Å². The van der Waals surface area contributed by atoms with Crippen LogP contribution in [0.4, 0.5) is 10.1 Å². The minimum absolute atomic E-state index is 0.154. The summed E-state index contributed by atoms with van der Waals surface area (Å²) in [5, 5.41) is 11.0. The van der Waals surface area contributed by atoms with Gasteiger partial charge in [0.15, 0.2) is 0 Å². The zero-order valence-corrected chi connectivity index (χ0v) is 12.7. The molecule has 0 saturated carbocycles. The molecule has 0 saturated heterocycles. The van der Waals surface area contributed by atoms with E-state index in [0.717, 1.165) is 18.2 Å². The van der Waals surface area contributed by atoms with E-state index in [0.29, 0.717) is 11.6 Å². The molecule has 0 aliphatic rings. The Bertz CT molecular complexity index is 854. The maximum Gasteiger partial charge on any atom is 0.339 e. The molecule has 0 N–H and O–H groups in total. The minimum atomic E-state index is -4.39. The summed E-state index contributed by atoms with van der Waals surface area (Å²) in [5.74, 6) is -1.57. The Morgan fingerprint density at radius 1 is 1.23 bits per heavy atom. The molecule has 116 valence electrons. The van der Waals surface area contributed by atoms with Crippen LogP contribution in [0.25, 0.3) is 0 Å². The molecule has 0 aliphatic heterocycles. The monoisotopic (exact) mass is 345 g/mol. The van der Waals surface area contributed by atoms with Crippen LogP contribution in [-0.4, -0.2) is 13.3 Å². The van der Waals surface area contributed by atoms with E-state index in [1.54, 1.807) is 0 Å². The molecule has 2 aromatic carbocycles. The Labute approximate surface area is 130 Å². The van der Waals surface area contributed by atoms with Crippen molar-refractivity contribution < 1.29 is 21.9 Å². The summed E-state index contributed by atoms with van der Waals surface area (Å²) in [6, 6.07) is 6.39. The molecule has 2 aromatic rings. The minimum Gasteiger partial charge on any atom is -0.371 e. The fourth-order valence-corrected chi connectivity index (χ4v) is 3.14. The normalized spacial score (nSPS) is 11.2. The second-order valence-electron chi connectivity index (χ2n) is 4.32. The van der Waals surface area contributed by atoms with Crippen LogP contribution >= 0.6 is 11.6 Å². The Kier molecular flexibility index (Phi) is 4.34. The Morgan fingerprint density at radius 2 is 1.91 bits per heavy atom. The molecule has 0 aliphatic carbocycles. The van der Waals surface area contributed by atoms with Crippen molar-refractivity contribution in [3.8, 4) is 5.75 Å². The highest BCUT2D eigenvalue weighted by Crippen LogP contribution is 2.31. The first kappa shape index (κ1) is 16.2. The number of nitro benzene ring substituents is 1. The van der Waals surface area contributed by atoms with Gasteiger partial charge < -0.3 is 4.18 Å². The number of hydrogen-bond donors (Lipinski definition) is 0. The van der Waals surface area contributed by atoms with Crippen LogP contribution in [0.2, 0.25) is 5.02 Å². The van der Waals surface area contributed by atoms with Gasteiger partial charge in [0.05, 0.1) is 4.92 Å². The molecule has 0 unspecified atom stereocenters. The van der Waals surface area contributed by atoms with Crippen LogP contribution in [0, 0.1) is 22.9 Å². The lowest BCUT2D eigenvalue weighted by molar-refractivity contribution is -0.385. The standard InChI is InChI=1S/C13H9ClFNO5S/c1-8-2-3-9(14)6-13(8)22(19,20)21-12-7-10(15)4-5-11(12)16(17)18/h2-7H,1H3. The Hall–Kier alpha value is -2.19. The predicted molar refractivity (Wildman–Crippen MR) is 77.1 cm³/mol. The summed E-state index contributed by atoms with van der Waals surface area (Å²) in [5.41, 5.74) is -0.326. The van der Waals surface area contributed by atoms with Gasteiger partial charge in [-0.2, -0.15) is 8.42 Å². The third-order valence-electron chi connectivity index (χ3n) is 2.74. The van der Waals surface area contributed by atoms with Crippen molar-refractivity contribution in [1.29, 1.82) is 0 Å². The zero-order chi connectivity index (χ0) is 16.5. The topological polar surface area (TPSA) is 86.5 Å². The average molecular weight is 346 g/mol. The van der Waals surface area contributed by atoms with Crippen LogP contribution in [0.5, 0.6) is 5.75 Å². The zero-order valence-electron chi connectivity index (χ0n) is 11.1. The van der Waals surface area contributed by atoms with Crippen LogP contribution in [-0.2, 0) is 10.1 Å². The van der Waals surface area contributed by atoms with Crippen molar-refractivity contribution in [3.05, 3.63) is 62.9 Å². The molecule has 6 nitrogen and oxygen atoms in total. The van der Waals surface area contributed by atoms with Crippen molar-refractivity contribution in [2.24, 2.45) is 0 Å². The third kappa shape index (κ3) is 3.34. The van der Waals surface area contributed by atoms with Crippen molar-refractivity contribution in [2.45, 2.75) is 11.8 Å². The number of rotatable bonds is 4. The molecule has 22 heavy (non-hydrogen) atoms. The Morgan fingerprint density at radius 3 is 2.55 bits per heavy atom. The predicted octanol–water partition coefficient (Wildman–Crippen LogP) is 3.46. The second kappa shape index (κ2) is 5.90. The van der Waals surface area contributed by atoms with E-state index in [9.17, 15) is 22.9 Å². The molecular weight excluding hydrogens is 337 g/mol. The SMILES string of the molecule is Cc1ccc(Cl)cc1S(=O)(=O)Oc1cc(F)ccc1[N+](=O)[O-]. The third-order valence-corrected chi connectivity index (χ3v) is 4.35. The number of benzene rings is 2. The fraction of sp³-hybridized carbons (Fsp3) is 0.0769. The van der Waals surface area contributed by atoms with E-state index in [2.05, 4.69) is 0 Å². The average Bonchev–Trinajstić information content (AvgIpc) is 2.40. The van der Waals surface area contributed by atoms with E-state index in [1.807, 2.05) is 0 Å². The lowest BCUT2D eigenvalue weighted by atomic mass is 10.2. The maximum absolute atomic E-state index is 13.2. The first-order valence-corrected chi connectivity index (χ1v) is 7.64. The Balaban J connectivity index is 2.52. The van der Waals surface area contributed by atoms with E-state index in [1.165, 1.54) is 19.1 Å². The van der Waals surface area contributed by atoms with Gasteiger partial charge >= 0.3 is 15.8 Å². The van der Waals surface area contributed by atoms with Gasteiger partial charge in [0.25, 0.3) is 0 Å². The summed E-state index contributed by atoms with van der Waals surface area (Å²) in [4.78, 5) is 9.75. The van der Waals surface area contributed by atoms with Gasteiger partial charge in [0, 0.05) is 17.2 Å². The molecule has 0 amide bonds. The molecule has 0 radical (unpaired) electrons. The van der Waals surface area contributed by atoms with E-state index < -0.39 is 32.3 Å². The quantitative estimate of drug-likeness (QED) is 0.481. The lowest BCUT2D eigenvalue weighted by Gasteiger charge is -2.10. The van der Waals surface area contributed by atoms with Gasteiger partial charge in [-0.15, -0.1) is 0 Å². The molecule has 0 aromatic heterocycles. The van der Waals surface area contributed by atoms with Crippen molar-refractivity contribution in [3.63, 3.8) is 0 Å². The molecule has 9 heteroatoms. The summed E-state index contributed by atoms with van der Waals surface area (Å²) in [7, 11) is -4.39. The molecular formula is C13H9ClFNO5S. The molecule has 0 atom stereocenters. The summed E-state index contributed by atoms with van der Waals surface area (Å²) in [6.45, 7) is 1.51. The second-order valence-corrected chi connectivity index (χ2v) is 6.27. The van der Waals surface area contributed by atoms with Crippen LogP contribution in [0.1, 0.15) is 5.56 Å². The lowest BCUT2D eigenvalue weighted by Crippen LogP contribution is -2.12. The van der Waals surface area contributed by atoms with Crippen LogP contribution in [0.15, 0.2) is 41.3 Å². The van der Waals surface area contributed by atoms with Gasteiger partial charge in [-0.3, -0.25) is 10.1 Å². The van der Waals surface area contributed by atoms with Crippen molar-refractivity contribution in [2.75, 3.05) is 0 Å². The molecule has 0 bridgehead atoms. The highest BCUT2D eigenvalue weighted by Gasteiger charge is 2.25. The van der Waals surface area contributed by atoms with Crippen LogP contribution < -0.4 is 4.18 Å². The van der Waals surface area contributed by atoms with Gasteiger partial charge in [-0.1, -0.05) is 17.7 Å². The highest BCUT2D eigenvalue weighted by molar-refractivity contribution is 7.87. The molecule has 0 spiro atoms. The van der Waals surface area contributed by atoms with Crippen molar-refractivity contribution in [1.82, 2.24) is 0 Å². The first-order valence-electron chi connectivity index (χ1n) is 5.85. The summed E-state index contributed by atoms with van der Waals surface area (Å²) < 4.78 is 42.4. The number of aryl methyl sites for hydroxylation is 1. The number of nitro groups is 1. The van der Waals surface area contributed by atoms with Crippen LogP contribution in [0.3, 0.4) is 0 Å².